The maximum Gasteiger partial charge on any atom is 0.244 e. The van der Waals surface area contributed by atoms with Gasteiger partial charge in [-0.15, -0.1) is 12.4 Å². The zero-order valence-corrected chi connectivity index (χ0v) is 11.8. The lowest BCUT2D eigenvalue weighted by Crippen LogP contribution is -2.46. The Balaban J connectivity index is 0.00000162. The van der Waals surface area contributed by atoms with E-state index in [0.29, 0.717) is 26.2 Å². The van der Waals surface area contributed by atoms with E-state index in [-0.39, 0.29) is 22.3 Å². The highest BCUT2D eigenvalue weighted by atomic mass is 35.5. The number of piperazine rings is 1. The lowest BCUT2D eigenvalue weighted by Gasteiger charge is -2.26. The van der Waals surface area contributed by atoms with E-state index in [0.717, 1.165) is 12.1 Å². The SMILES string of the molecule is Cl.O=S(=O)(c1ccc(F)cc1Cl)N1CCNCC1. The molecule has 0 spiro atoms. The van der Waals surface area contributed by atoms with Gasteiger partial charge in [-0.2, -0.15) is 4.31 Å². The van der Waals surface area contributed by atoms with Gasteiger partial charge in [0.15, 0.2) is 0 Å². The van der Waals surface area contributed by atoms with Crippen molar-refractivity contribution in [2.24, 2.45) is 0 Å². The Bertz CT molecular complexity index is 519. The minimum Gasteiger partial charge on any atom is -0.314 e. The van der Waals surface area contributed by atoms with E-state index in [9.17, 15) is 12.8 Å². The molecule has 1 aliphatic rings. The molecule has 1 saturated heterocycles. The molecule has 0 aliphatic carbocycles. The molecular formula is C10H13Cl2FN2O2S. The summed E-state index contributed by atoms with van der Waals surface area (Å²) in [5, 5.41) is 2.98. The maximum absolute atomic E-state index is 12.9. The second kappa shape index (κ2) is 6.16. The van der Waals surface area contributed by atoms with Crippen LogP contribution in [-0.2, 0) is 10.0 Å². The molecule has 0 bridgehead atoms. The van der Waals surface area contributed by atoms with Crippen LogP contribution in [0.25, 0.3) is 0 Å². The van der Waals surface area contributed by atoms with E-state index in [1.807, 2.05) is 0 Å². The summed E-state index contributed by atoms with van der Waals surface area (Å²) in [6, 6.07) is 3.31. The summed E-state index contributed by atoms with van der Waals surface area (Å²) in [5.74, 6) is -0.547. The zero-order chi connectivity index (χ0) is 12.5. The number of rotatable bonds is 2. The van der Waals surface area contributed by atoms with Crippen molar-refractivity contribution in [2.75, 3.05) is 26.2 Å². The number of sulfonamides is 1. The predicted molar refractivity (Wildman–Crippen MR) is 70.3 cm³/mol. The first-order chi connectivity index (χ1) is 8.01. The molecule has 2 rings (SSSR count). The molecule has 18 heavy (non-hydrogen) atoms. The summed E-state index contributed by atoms with van der Waals surface area (Å²) >= 11 is 5.77. The van der Waals surface area contributed by atoms with Crippen LogP contribution >= 0.6 is 24.0 Å². The molecule has 8 heteroatoms. The van der Waals surface area contributed by atoms with Gasteiger partial charge < -0.3 is 5.32 Å². The predicted octanol–water partition coefficient (Wildman–Crippen LogP) is 1.49. The molecule has 0 amide bonds. The molecule has 0 radical (unpaired) electrons. The molecule has 102 valence electrons. The number of nitrogens with zero attached hydrogens (tertiary/aromatic N) is 1. The fraction of sp³-hybridized carbons (Fsp3) is 0.400. The third kappa shape index (κ3) is 3.13. The van der Waals surface area contributed by atoms with Crippen LogP contribution in [0.2, 0.25) is 5.02 Å². The van der Waals surface area contributed by atoms with Gasteiger partial charge in [-0.1, -0.05) is 11.6 Å². The van der Waals surface area contributed by atoms with Crippen molar-refractivity contribution in [1.29, 1.82) is 0 Å². The summed E-state index contributed by atoms with van der Waals surface area (Å²) in [6.07, 6.45) is 0. The summed E-state index contributed by atoms with van der Waals surface area (Å²) < 4.78 is 38.6. The summed E-state index contributed by atoms with van der Waals surface area (Å²) in [5.41, 5.74) is 0. The molecule has 1 aromatic carbocycles. The average Bonchev–Trinajstić information content (AvgIpc) is 2.29. The van der Waals surface area contributed by atoms with E-state index in [2.05, 4.69) is 5.32 Å². The Labute approximate surface area is 117 Å². The van der Waals surface area contributed by atoms with Gasteiger partial charge >= 0.3 is 0 Å². The molecule has 1 fully saturated rings. The third-order valence-corrected chi connectivity index (χ3v) is 4.97. The molecular weight excluding hydrogens is 302 g/mol. The van der Waals surface area contributed by atoms with Crippen LogP contribution in [0, 0.1) is 5.82 Å². The van der Waals surface area contributed by atoms with Crippen molar-refractivity contribution in [3.05, 3.63) is 29.0 Å². The van der Waals surface area contributed by atoms with Gasteiger partial charge in [-0.25, -0.2) is 12.8 Å². The number of halogens is 3. The van der Waals surface area contributed by atoms with Gasteiger partial charge in [0.25, 0.3) is 0 Å². The molecule has 1 aliphatic heterocycles. The molecule has 0 saturated carbocycles. The second-order valence-corrected chi connectivity index (χ2v) is 6.04. The van der Waals surface area contributed by atoms with Gasteiger partial charge in [0, 0.05) is 26.2 Å². The number of hydrogen-bond donors (Lipinski definition) is 1. The van der Waals surface area contributed by atoms with Crippen LogP contribution in [0.3, 0.4) is 0 Å². The molecule has 1 heterocycles. The lowest BCUT2D eigenvalue weighted by atomic mass is 10.3. The number of hydrogen-bond acceptors (Lipinski definition) is 3. The van der Waals surface area contributed by atoms with Crippen molar-refractivity contribution in [3.8, 4) is 0 Å². The van der Waals surface area contributed by atoms with Crippen LogP contribution in [-0.4, -0.2) is 38.9 Å². The van der Waals surface area contributed by atoms with Crippen LogP contribution in [0.15, 0.2) is 23.1 Å². The summed E-state index contributed by atoms with van der Waals surface area (Å²) in [7, 11) is -3.61. The average molecular weight is 315 g/mol. The van der Waals surface area contributed by atoms with Crippen LogP contribution in [0.1, 0.15) is 0 Å². The minimum absolute atomic E-state index is 0. The van der Waals surface area contributed by atoms with E-state index in [1.165, 1.54) is 10.4 Å². The van der Waals surface area contributed by atoms with Gasteiger partial charge in [0.05, 0.1) is 5.02 Å². The Morgan fingerprint density at radius 3 is 2.44 bits per heavy atom. The van der Waals surface area contributed by atoms with Crippen molar-refractivity contribution in [2.45, 2.75) is 4.90 Å². The standard InChI is InChI=1S/C10H12ClFN2O2S.ClH/c11-9-7-8(12)1-2-10(9)17(15,16)14-5-3-13-4-6-14;/h1-2,7,13H,3-6H2;1H. The van der Waals surface area contributed by atoms with E-state index >= 15 is 0 Å². The summed E-state index contributed by atoms with van der Waals surface area (Å²) in [4.78, 5) is -0.0394. The topological polar surface area (TPSA) is 49.4 Å². The molecule has 1 N–H and O–H groups in total. The van der Waals surface area contributed by atoms with E-state index < -0.39 is 15.8 Å². The normalized spacial score (nSPS) is 17.2. The van der Waals surface area contributed by atoms with Crippen molar-refractivity contribution in [1.82, 2.24) is 9.62 Å². The number of nitrogens with one attached hydrogen (secondary N) is 1. The zero-order valence-electron chi connectivity index (χ0n) is 9.40. The quantitative estimate of drug-likeness (QED) is 0.900. The molecule has 0 atom stereocenters. The van der Waals surface area contributed by atoms with Crippen molar-refractivity contribution >= 4 is 34.0 Å². The maximum atomic E-state index is 12.9. The first kappa shape index (κ1) is 15.7. The van der Waals surface area contributed by atoms with Crippen LogP contribution in [0.5, 0.6) is 0 Å². The van der Waals surface area contributed by atoms with Crippen LogP contribution < -0.4 is 5.32 Å². The lowest BCUT2D eigenvalue weighted by molar-refractivity contribution is 0.360. The number of benzene rings is 1. The Morgan fingerprint density at radius 2 is 1.89 bits per heavy atom. The van der Waals surface area contributed by atoms with Gasteiger partial charge in [-0.3, -0.25) is 0 Å². The van der Waals surface area contributed by atoms with Gasteiger partial charge in [-0.05, 0) is 18.2 Å². The Kier molecular flexibility index (Phi) is 5.36. The van der Waals surface area contributed by atoms with Crippen molar-refractivity contribution < 1.29 is 12.8 Å². The molecule has 4 nitrogen and oxygen atoms in total. The highest BCUT2D eigenvalue weighted by molar-refractivity contribution is 7.89. The Morgan fingerprint density at radius 1 is 1.28 bits per heavy atom. The third-order valence-electron chi connectivity index (χ3n) is 2.59. The fourth-order valence-corrected chi connectivity index (χ4v) is 3.65. The Hall–Kier alpha value is -0.400. The molecule has 0 aromatic heterocycles. The minimum atomic E-state index is -3.61. The van der Waals surface area contributed by atoms with Gasteiger partial charge in [0.2, 0.25) is 10.0 Å². The summed E-state index contributed by atoms with van der Waals surface area (Å²) in [6.45, 7) is 2.02. The van der Waals surface area contributed by atoms with E-state index in [4.69, 9.17) is 11.6 Å². The molecule has 1 aromatic rings. The monoisotopic (exact) mass is 314 g/mol. The second-order valence-electron chi connectivity index (χ2n) is 3.73. The van der Waals surface area contributed by atoms with Crippen molar-refractivity contribution in [3.63, 3.8) is 0 Å². The van der Waals surface area contributed by atoms with E-state index in [1.54, 1.807) is 0 Å². The largest absolute Gasteiger partial charge is 0.314 e. The van der Waals surface area contributed by atoms with Crippen LogP contribution in [0.4, 0.5) is 4.39 Å². The smallest absolute Gasteiger partial charge is 0.244 e. The molecule has 0 unspecified atom stereocenters. The fourth-order valence-electron chi connectivity index (χ4n) is 1.71. The first-order valence-corrected chi connectivity index (χ1v) is 6.99. The first-order valence-electron chi connectivity index (χ1n) is 5.18. The highest BCUT2D eigenvalue weighted by Crippen LogP contribution is 2.25. The highest BCUT2D eigenvalue weighted by Gasteiger charge is 2.27. The van der Waals surface area contributed by atoms with Gasteiger partial charge in [0.1, 0.15) is 10.7 Å².